The van der Waals surface area contributed by atoms with Crippen molar-refractivity contribution in [1.82, 2.24) is 10.2 Å². The number of likely N-dealkylation sites (N-methyl/N-ethyl adjacent to an activating group) is 1. The monoisotopic (exact) mass is 182 g/mol. The fraction of sp³-hybridized carbons (Fsp3) is 0.500. The maximum atomic E-state index is 11.0. The van der Waals surface area contributed by atoms with Gasteiger partial charge in [-0.15, -0.1) is 0 Å². The third-order valence-electron chi connectivity index (χ3n) is 1.81. The smallest absolute Gasteiger partial charge is 0.219 e. The molecular weight excluding hydrogens is 164 g/mol. The minimum Gasteiger partial charge on any atom is -0.384 e. The Balaban J connectivity index is 3.67. The van der Waals surface area contributed by atoms with Crippen molar-refractivity contribution in [2.24, 2.45) is 0 Å². The summed E-state index contributed by atoms with van der Waals surface area (Å²) in [5.74, 6) is 0.105. The quantitative estimate of drug-likeness (QED) is 0.625. The van der Waals surface area contributed by atoms with Crippen molar-refractivity contribution in [3.63, 3.8) is 0 Å². The number of carbonyl (C=O) groups excluding carboxylic acids is 1. The summed E-state index contributed by atoms with van der Waals surface area (Å²) in [7, 11) is 0. The molecule has 3 nitrogen and oxygen atoms in total. The Hall–Kier alpha value is -1.25. The number of rotatable bonds is 6. The maximum Gasteiger partial charge on any atom is 0.219 e. The van der Waals surface area contributed by atoms with Crippen LogP contribution in [-0.2, 0) is 4.79 Å². The van der Waals surface area contributed by atoms with Crippen molar-refractivity contribution in [2.45, 2.75) is 13.8 Å². The van der Waals surface area contributed by atoms with Gasteiger partial charge in [-0.2, -0.15) is 0 Å². The predicted molar refractivity (Wildman–Crippen MR) is 55.3 cm³/mol. The first-order valence-corrected chi connectivity index (χ1v) is 4.42. The van der Waals surface area contributed by atoms with Crippen molar-refractivity contribution in [3.8, 4) is 0 Å². The van der Waals surface area contributed by atoms with Crippen LogP contribution in [0.1, 0.15) is 13.8 Å². The van der Waals surface area contributed by atoms with E-state index >= 15 is 0 Å². The zero-order chi connectivity index (χ0) is 10.3. The number of carbonyl (C=O) groups is 1. The molecule has 74 valence electrons. The van der Waals surface area contributed by atoms with E-state index in [0.29, 0.717) is 6.54 Å². The molecule has 0 rings (SSSR count). The van der Waals surface area contributed by atoms with Gasteiger partial charge >= 0.3 is 0 Å². The Morgan fingerprint density at radius 2 is 2.23 bits per heavy atom. The third kappa shape index (κ3) is 5.06. The Morgan fingerprint density at radius 3 is 2.62 bits per heavy atom. The molecule has 0 radical (unpaired) electrons. The molecule has 0 aromatic heterocycles. The highest BCUT2D eigenvalue weighted by Gasteiger charge is 2.03. The lowest BCUT2D eigenvalue weighted by atomic mass is 10.4. The molecule has 0 aromatic rings. The molecule has 0 heterocycles. The number of hydrogen-bond donors (Lipinski definition) is 1. The zero-order valence-electron chi connectivity index (χ0n) is 8.47. The van der Waals surface area contributed by atoms with E-state index in [1.165, 1.54) is 0 Å². The second-order valence-corrected chi connectivity index (χ2v) is 2.75. The van der Waals surface area contributed by atoms with Crippen LogP contribution in [0.4, 0.5) is 0 Å². The molecule has 0 aliphatic carbocycles. The molecule has 0 saturated carbocycles. The van der Waals surface area contributed by atoms with Crippen molar-refractivity contribution in [1.29, 1.82) is 0 Å². The molecular formula is C10H18N2O. The highest BCUT2D eigenvalue weighted by Crippen LogP contribution is 1.88. The van der Waals surface area contributed by atoms with E-state index in [1.807, 2.05) is 6.92 Å². The third-order valence-corrected chi connectivity index (χ3v) is 1.81. The van der Waals surface area contributed by atoms with Crippen molar-refractivity contribution < 1.29 is 4.79 Å². The Kier molecular flexibility index (Phi) is 5.68. The fourth-order valence-electron chi connectivity index (χ4n) is 0.962. The molecule has 3 heteroatoms. The van der Waals surface area contributed by atoms with Gasteiger partial charge in [0.25, 0.3) is 0 Å². The Bertz CT molecular complexity index is 199. The number of nitrogens with one attached hydrogen (secondary N) is 1. The minimum absolute atomic E-state index is 0.105. The van der Waals surface area contributed by atoms with Crippen LogP contribution in [0.25, 0.3) is 0 Å². The molecule has 0 saturated heterocycles. The van der Waals surface area contributed by atoms with Gasteiger partial charge in [0.05, 0.1) is 0 Å². The van der Waals surface area contributed by atoms with Crippen LogP contribution in [0.5, 0.6) is 0 Å². The number of allylic oxidation sites excluding steroid dienone is 1. The second-order valence-electron chi connectivity index (χ2n) is 2.75. The second kappa shape index (κ2) is 6.29. The highest BCUT2D eigenvalue weighted by atomic mass is 16.2. The summed E-state index contributed by atoms with van der Waals surface area (Å²) in [5, 5.41) is 3.05. The molecule has 0 aromatic carbocycles. The summed E-state index contributed by atoms with van der Waals surface area (Å²) in [6.45, 7) is 13.0. The molecule has 0 unspecified atom stereocenters. The Labute approximate surface area is 80.1 Å². The van der Waals surface area contributed by atoms with Crippen molar-refractivity contribution >= 4 is 5.91 Å². The lowest BCUT2D eigenvalue weighted by Crippen LogP contribution is -2.34. The van der Waals surface area contributed by atoms with Gasteiger partial charge in [0.2, 0.25) is 5.91 Å². The maximum absolute atomic E-state index is 11.0. The minimum atomic E-state index is 0.105. The Morgan fingerprint density at radius 1 is 1.62 bits per heavy atom. The molecule has 1 N–H and O–H groups in total. The first kappa shape index (κ1) is 11.8. The molecule has 0 aliphatic heterocycles. The number of hydrogen-bond acceptors (Lipinski definition) is 2. The number of nitrogens with zero attached hydrogens (tertiary/aromatic N) is 1. The largest absolute Gasteiger partial charge is 0.384 e. The molecule has 0 bridgehead atoms. The SMILES string of the molecule is C=CC(=C)NCCN(CC)C(C)=O. The van der Waals surface area contributed by atoms with Crippen LogP contribution >= 0.6 is 0 Å². The summed E-state index contributed by atoms with van der Waals surface area (Å²) < 4.78 is 0. The van der Waals surface area contributed by atoms with Crippen LogP contribution in [-0.4, -0.2) is 30.4 Å². The summed E-state index contributed by atoms with van der Waals surface area (Å²) in [6, 6.07) is 0. The molecule has 13 heavy (non-hydrogen) atoms. The van der Waals surface area contributed by atoms with Crippen molar-refractivity contribution in [3.05, 3.63) is 24.9 Å². The van der Waals surface area contributed by atoms with Crippen LogP contribution in [0.3, 0.4) is 0 Å². The van der Waals surface area contributed by atoms with Gasteiger partial charge in [-0.25, -0.2) is 0 Å². The summed E-state index contributed by atoms with van der Waals surface area (Å²) in [5.41, 5.74) is 0.791. The predicted octanol–water partition coefficient (Wildman–Crippen LogP) is 1.14. The topological polar surface area (TPSA) is 32.3 Å². The van der Waals surface area contributed by atoms with Gasteiger partial charge in [0, 0.05) is 32.3 Å². The molecule has 1 amide bonds. The summed E-state index contributed by atoms with van der Waals surface area (Å²) in [4.78, 5) is 12.7. The first-order valence-electron chi connectivity index (χ1n) is 4.42. The van der Waals surface area contributed by atoms with Gasteiger partial charge in [-0.05, 0) is 13.0 Å². The van der Waals surface area contributed by atoms with Gasteiger partial charge < -0.3 is 10.2 Å². The molecule has 0 atom stereocenters. The normalized spacial score (nSPS) is 9.08. The highest BCUT2D eigenvalue weighted by molar-refractivity contribution is 5.73. The van der Waals surface area contributed by atoms with E-state index in [0.717, 1.165) is 18.8 Å². The lowest BCUT2D eigenvalue weighted by Gasteiger charge is -2.19. The van der Waals surface area contributed by atoms with E-state index < -0.39 is 0 Å². The molecule has 0 spiro atoms. The number of amides is 1. The van der Waals surface area contributed by atoms with E-state index in [1.54, 1.807) is 17.9 Å². The van der Waals surface area contributed by atoms with Gasteiger partial charge in [-0.3, -0.25) is 4.79 Å². The van der Waals surface area contributed by atoms with Crippen LogP contribution in [0, 0.1) is 0 Å². The van der Waals surface area contributed by atoms with E-state index in [9.17, 15) is 4.79 Å². The van der Waals surface area contributed by atoms with Gasteiger partial charge in [-0.1, -0.05) is 13.2 Å². The van der Waals surface area contributed by atoms with E-state index in [-0.39, 0.29) is 5.91 Å². The summed E-state index contributed by atoms with van der Waals surface area (Å²) in [6.07, 6.45) is 1.66. The summed E-state index contributed by atoms with van der Waals surface area (Å²) >= 11 is 0. The van der Waals surface area contributed by atoms with Crippen LogP contribution in [0.2, 0.25) is 0 Å². The first-order chi connectivity index (χ1) is 6.11. The van der Waals surface area contributed by atoms with Gasteiger partial charge in [0.1, 0.15) is 0 Å². The van der Waals surface area contributed by atoms with Crippen molar-refractivity contribution in [2.75, 3.05) is 19.6 Å². The average Bonchev–Trinajstić information content (AvgIpc) is 2.11. The standard InChI is InChI=1S/C10H18N2O/c1-5-9(3)11-7-8-12(6-2)10(4)13/h5,11H,1,3,6-8H2,2,4H3. The van der Waals surface area contributed by atoms with E-state index in [2.05, 4.69) is 18.5 Å². The molecule has 0 aliphatic rings. The lowest BCUT2D eigenvalue weighted by molar-refractivity contribution is -0.128. The van der Waals surface area contributed by atoms with E-state index in [4.69, 9.17) is 0 Å². The fourth-order valence-corrected chi connectivity index (χ4v) is 0.962. The van der Waals surface area contributed by atoms with Gasteiger partial charge in [0.15, 0.2) is 0 Å². The average molecular weight is 182 g/mol. The molecule has 0 fully saturated rings. The zero-order valence-corrected chi connectivity index (χ0v) is 8.47. The van der Waals surface area contributed by atoms with Crippen LogP contribution in [0.15, 0.2) is 24.9 Å². The van der Waals surface area contributed by atoms with Crippen LogP contribution < -0.4 is 5.32 Å².